The quantitative estimate of drug-likeness (QED) is 0.825. The van der Waals surface area contributed by atoms with Crippen LogP contribution >= 0.6 is 0 Å². The first kappa shape index (κ1) is 14.9. The first-order chi connectivity index (χ1) is 9.61. The van der Waals surface area contributed by atoms with Gasteiger partial charge in [0, 0.05) is 0 Å². The van der Waals surface area contributed by atoms with Gasteiger partial charge in [-0.15, -0.1) is 0 Å². The average Bonchev–Trinajstić information content (AvgIpc) is 2.46. The first-order valence-corrected chi connectivity index (χ1v) is 7.46. The Hall–Kier alpha value is -1.54. The third-order valence-corrected chi connectivity index (χ3v) is 3.88. The van der Waals surface area contributed by atoms with Crippen LogP contribution in [0.2, 0.25) is 0 Å². The molecule has 0 fully saturated rings. The molecule has 0 bridgehead atoms. The molecule has 2 aromatic carbocycles. The highest BCUT2D eigenvalue weighted by atomic mass is 16.2. The summed E-state index contributed by atoms with van der Waals surface area (Å²) in [6.45, 7) is 5.88. The summed E-state index contributed by atoms with van der Waals surface area (Å²) in [5, 5.41) is 10.5. The number of aryl methyl sites for hydroxylation is 3. The average molecular weight is 266 g/mol. The van der Waals surface area contributed by atoms with Gasteiger partial charge in [-0.05, 0) is 48.7 Å². The molecule has 0 atom stereocenters. The smallest absolute Gasteiger partial charge is 0.358 e. The van der Waals surface area contributed by atoms with E-state index in [0.29, 0.717) is 0 Å². The van der Waals surface area contributed by atoms with Crippen LogP contribution in [0, 0.1) is 13.8 Å². The van der Waals surface area contributed by atoms with E-state index in [4.69, 9.17) is 0 Å². The molecule has 1 nitrogen and oxygen atoms in total. The largest absolute Gasteiger partial charge is 0.443 e. The predicted octanol–water partition coefficient (Wildman–Crippen LogP) is 2.74. The Morgan fingerprint density at radius 1 is 0.950 bits per heavy atom. The van der Waals surface area contributed by atoms with Gasteiger partial charge in [-0.2, -0.15) is 0 Å². The van der Waals surface area contributed by atoms with Crippen LogP contribution in [0.4, 0.5) is 0 Å². The van der Waals surface area contributed by atoms with Gasteiger partial charge in [0.05, 0.1) is 0 Å². The molecule has 0 radical (unpaired) electrons. The zero-order valence-corrected chi connectivity index (χ0v) is 12.7. The fourth-order valence-corrected chi connectivity index (χ4v) is 2.44. The minimum atomic E-state index is -0.531. The lowest BCUT2D eigenvalue weighted by Crippen LogP contribution is -2.42. The fourth-order valence-electron chi connectivity index (χ4n) is 2.44. The monoisotopic (exact) mass is 266 g/mol. The van der Waals surface area contributed by atoms with E-state index in [1.807, 2.05) is 30.3 Å². The van der Waals surface area contributed by atoms with Crippen molar-refractivity contribution in [2.24, 2.45) is 0 Å². The lowest BCUT2D eigenvalue weighted by molar-refractivity contribution is 0.600. The van der Waals surface area contributed by atoms with E-state index in [1.54, 1.807) is 0 Å². The molecule has 1 N–H and O–H groups in total. The van der Waals surface area contributed by atoms with Crippen LogP contribution in [-0.4, -0.2) is 11.9 Å². The third-order valence-electron chi connectivity index (χ3n) is 3.88. The van der Waals surface area contributed by atoms with E-state index in [1.165, 1.54) is 29.5 Å². The second kappa shape index (κ2) is 6.76. The van der Waals surface area contributed by atoms with E-state index in [0.717, 1.165) is 17.3 Å². The summed E-state index contributed by atoms with van der Waals surface area (Å²) in [5.74, 6) is 0. The maximum atomic E-state index is 10.5. The van der Waals surface area contributed by atoms with Crippen molar-refractivity contribution in [3.05, 3.63) is 59.2 Å². The van der Waals surface area contributed by atoms with Gasteiger partial charge in [-0.1, -0.05) is 61.4 Å². The number of rotatable bonds is 5. The minimum Gasteiger partial charge on any atom is -0.443 e. The highest BCUT2D eigenvalue weighted by molar-refractivity contribution is 6.78. The molecular formula is C18H23BO. The maximum absolute atomic E-state index is 10.5. The second-order valence-corrected chi connectivity index (χ2v) is 5.60. The van der Waals surface area contributed by atoms with Crippen LogP contribution in [0.5, 0.6) is 0 Å². The molecule has 0 saturated heterocycles. The van der Waals surface area contributed by atoms with Crippen molar-refractivity contribution in [3.8, 4) is 0 Å². The Morgan fingerprint density at radius 3 is 2.25 bits per heavy atom. The van der Waals surface area contributed by atoms with Gasteiger partial charge in [0.1, 0.15) is 0 Å². The molecule has 0 aliphatic carbocycles. The minimum absolute atomic E-state index is 0.531. The summed E-state index contributed by atoms with van der Waals surface area (Å²) in [6.07, 6.45) is 3.49. The molecule has 0 spiro atoms. The van der Waals surface area contributed by atoms with E-state index < -0.39 is 6.92 Å². The fraction of sp³-hybridized carbons (Fsp3) is 0.333. The Bertz CT molecular complexity index is 560. The van der Waals surface area contributed by atoms with Crippen molar-refractivity contribution in [3.63, 3.8) is 0 Å². The summed E-state index contributed by atoms with van der Waals surface area (Å²) < 4.78 is 0. The van der Waals surface area contributed by atoms with Crippen LogP contribution in [0.1, 0.15) is 36.5 Å². The van der Waals surface area contributed by atoms with Gasteiger partial charge < -0.3 is 5.02 Å². The van der Waals surface area contributed by atoms with E-state index in [-0.39, 0.29) is 0 Å². The molecule has 0 aromatic heterocycles. The van der Waals surface area contributed by atoms with Crippen molar-refractivity contribution < 1.29 is 5.02 Å². The van der Waals surface area contributed by atoms with Gasteiger partial charge in [0.2, 0.25) is 0 Å². The van der Waals surface area contributed by atoms with Gasteiger partial charge >= 0.3 is 6.92 Å². The Kier molecular flexibility index (Phi) is 5.02. The van der Waals surface area contributed by atoms with E-state index >= 15 is 0 Å². The predicted molar refractivity (Wildman–Crippen MR) is 88.2 cm³/mol. The topological polar surface area (TPSA) is 20.2 Å². The molecule has 2 rings (SSSR count). The van der Waals surface area contributed by atoms with Crippen LogP contribution in [-0.2, 0) is 6.42 Å². The summed E-state index contributed by atoms with van der Waals surface area (Å²) in [7, 11) is 0. The molecule has 2 aromatic rings. The highest BCUT2D eigenvalue weighted by Gasteiger charge is 2.17. The maximum Gasteiger partial charge on any atom is 0.358 e. The summed E-state index contributed by atoms with van der Waals surface area (Å²) >= 11 is 0. The lowest BCUT2D eigenvalue weighted by Gasteiger charge is -2.12. The molecular weight excluding hydrogens is 243 g/mol. The van der Waals surface area contributed by atoms with Crippen LogP contribution in [0.3, 0.4) is 0 Å². The van der Waals surface area contributed by atoms with Crippen LogP contribution in [0.25, 0.3) is 0 Å². The Morgan fingerprint density at radius 2 is 1.60 bits per heavy atom. The molecule has 104 valence electrons. The van der Waals surface area contributed by atoms with Crippen LogP contribution in [0.15, 0.2) is 42.5 Å². The van der Waals surface area contributed by atoms with Crippen molar-refractivity contribution in [2.45, 2.75) is 40.0 Å². The first-order valence-electron chi connectivity index (χ1n) is 7.46. The number of benzene rings is 2. The molecule has 20 heavy (non-hydrogen) atoms. The zero-order chi connectivity index (χ0) is 14.5. The van der Waals surface area contributed by atoms with Crippen molar-refractivity contribution >= 4 is 17.8 Å². The number of unbranched alkanes of at least 4 members (excludes halogenated alkanes) is 1. The van der Waals surface area contributed by atoms with Gasteiger partial charge in [0.15, 0.2) is 0 Å². The molecule has 0 saturated carbocycles. The molecule has 0 aliphatic heterocycles. The van der Waals surface area contributed by atoms with Gasteiger partial charge in [0.25, 0.3) is 0 Å². The standard InChI is InChI=1S/C18H23BO/c1-4-5-6-16-13-18(12-9-15(16)3)19(20)17-10-7-14(2)8-11-17/h7-13,20H,4-6H2,1-3H3. The number of hydrogen-bond acceptors (Lipinski definition) is 1. The number of hydrogen-bond donors (Lipinski definition) is 1. The van der Waals surface area contributed by atoms with Crippen molar-refractivity contribution in [1.82, 2.24) is 0 Å². The lowest BCUT2D eigenvalue weighted by atomic mass is 9.55. The molecule has 0 unspecified atom stereocenters. The van der Waals surface area contributed by atoms with Crippen LogP contribution < -0.4 is 10.9 Å². The molecule has 0 amide bonds. The normalized spacial score (nSPS) is 10.6. The Labute approximate surface area is 122 Å². The van der Waals surface area contributed by atoms with Gasteiger partial charge in [-0.3, -0.25) is 0 Å². The SMILES string of the molecule is CCCCc1cc(B(O)c2ccc(C)cc2)ccc1C. The zero-order valence-electron chi connectivity index (χ0n) is 12.7. The summed E-state index contributed by atoms with van der Waals surface area (Å²) in [5.41, 5.74) is 5.84. The highest BCUT2D eigenvalue weighted by Crippen LogP contribution is 2.10. The second-order valence-electron chi connectivity index (χ2n) is 5.60. The summed E-state index contributed by atoms with van der Waals surface area (Å²) in [4.78, 5) is 0. The van der Waals surface area contributed by atoms with Crippen molar-refractivity contribution in [1.29, 1.82) is 0 Å². The van der Waals surface area contributed by atoms with Gasteiger partial charge in [-0.25, -0.2) is 0 Å². The van der Waals surface area contributed by atoms with Crippen molar-refractivity contribution in [2.75, 3.05) is 0 Å². The third kappa shape index (κ3) is 3.52. The summed E-state index contributed by atoms with van der Waals surface area (Å²) in [6, 6.07) is 14.4. The van der Waals surface area contributed by atoms with E-state index in [9.17, 15) is 5.02 Å². The van der Waals surface area contributed by atoms with E-state index in [2.05, 4.69) is 32.9 Å². The molecule has 2 heteroatoms. The Balaban J connectivity index is 2.25. The molecule has 0 heterocycles. The molecule has 0 aliphatic rings.